The lowest BCUT2D eigenvalue weighted by molar-refractivity contribution is 0.581. The van der Waals surface area contributed by atoms with Gasteiger partial charge >= 0.3 is 0 Å². The van der Waals surface area contributed by atoms with Crippen molar-refractivity contribution < 1.29 is 8.42 Å². The van der Waals surface area contributed by atoms with Crippen LogP contribution in [0.4, 0.5) is 0 Å². The van der Waals surface area contributed by atoms with E-state index >= 15 is 0 Å². The Balaban J connectivity index is 1.69. The molecule has 0 saturated carbocycles. The van der Waals surface area contributed by atoms with Crippen molar-refractivity contribution in [2.75, 3.05) is 6.54 Å². The van der Waals surface area contributed by atoms with Gasteiger partial charge in [-0.3, -0.25) is 4.40 Å². The third-order valence-corrected chi connectivity index (χ3v) is 5.44. The molecule has 0 aliphatic heterocycles. The number of rotatable bonds is 5. The van der Waals surface area contributed by atoms with E-state index in [2.05, 4.69) is 14.9 Å². The first-order valence-electron chi connectivity index (χ1n) is 6.39. The van der Waals surface area contributed by atoms with Crippen LogP contribution in [-0.4, -0.2) is 29.6 Å². The summed E-state index contributed by atoms with van der Waals surface area (Å²) in [6.07, 6.45) is 2.22. The van der Waals surface area contributed by atoms with Crippen LogP contribution in [0.5, 0.6) is 0 Å². The van der Waals surface area contributed by atoms with Crippen LogP contribution in [0.15, 0.2) is 40.9 Å². The Labute approximate surface area is 126 Å². The number of thiazole rings is 1. The molecule has 0 amide bonds. The molecule has 8 heteroatoms. The molecule has 0 spiro atoms. The van der Waals surface area contributed by atoms with Crippen molar-refractivity contribution in [1.82, 2.24) is 19.3 Å². The highest BCUT2D eigenvalue weighted by atomic mass is 32.2. The first-order chi connectivity index (χ1) is 10.1. The standard InChI is InChI=1S/C13H14N4O2S2/c1-10-3-2-4-12(7-10)21(18,19)15-6-5-11-8-20-13-16-14-9-17(11)13/h2-4,7-9,15H,5-6H2,1H3. The van der Waals surface area contributed by atoms with E-state index in [4.69, 9.17) is 0 Å². The smallest absolute Gasteiger partial charge is 0.240 e. The second-order valence-corrected chi connectivity index (χ2v) is 7.28. The molecule has 1 N–H and O–H groups in total. The Morgan fingerprint density at radius 3 is 3.05 bits per heavy atom. The maximum absolute atomic E-state index is 12.2. The minimum Gasteiger partial charge on any atom is -0.276 e. The van der Waals surface area contributed by atoms with Crippen molar-refractivity contribution in [3.63, 3.8) is 0 Å². The van der Waals surface area contributed by atoms with Crippen LogP contribution in [0.1, 0.15) is 11.3 Å². The Morgan fingerprint density at radius 1 is 1.38 bits per heavy atom. The fraction of sp³-hybridized carbons (Fsp3) is 0.231. The number of nitrogens with one attached hydrogen (secondary N) is 1. The van der Waals surface area contributed by atoms with Crippen molar-refractivity contribution in [2.24, 2.45) is 0 Å². The van der Waals surface area contributed by atoms with Crippen molar-refractivity contribution in [3.05, 3.63) is 47.2 Å². The molecule has 0 aliphatic rings. The summed E-state index contributed by atoms with van der Waals surface area (Å²) in [6.45, 7) is 2.20. The summed E-state index contributed by atoms with van der Waals surface area (Å²) in [5.74, 6) is 0. The van der Waals surface area contributed by atoms with E-state index < -0.39 is 10.0 Å². The molecule has 2 aromatic heterocycles. The lowest BCUT2D eigenvalue weighted by Gasteiger charge is -2.07. The molecular formula is C13H14N4O2S2. The van der Waals surface area contributed by atoms with E-state index in [-0.39, 0.29) is 0 Å². The van der Waals surface area contributed by atoms with Gasteiger partial charge in [-0.2, -0.15) is 0 Å². The monoisotopic (exact) mass is 322 g/mol. The van der Waals surface area contributed by atoms with Crippen molar-refractivity contribution in [1.29, 1.82) is 0 Å². The summed E-state index contributed by atoms with van der Waals surface area (Å²) in [6, 6.07) is 6.86. The second-order valence-electron chi connectivity index (χ2n) is 4.67. The molecule has 0 unspecified atom stereocenters. The van der Waals surface area contributed by atoms with Crippen LogP contribution in [0.3, 0.4) is 0 Å². The van der Waals surface area contributed by atoms with Gasteiger partial charge in [-0.05, 0) is 24.6 Å². The lowest BCUT2D eigenvalue weighted by Crippen LogP contribution is -2.26. The van der Waals surface area contributed by atoms with Crippen LogP contribution in [-0.2, 0) is 16.4 Å². The first kappa shape index (κ1) is 14.2. The minimum atomic E-state index is -3.46. The molecule has 3 rings (SSSR count). The molecule has 110 valence electrons. The average molecular weight is 322 g/mol. The number of hydrogen-bond donors (Lipinski definition) is 1. The third kappa shape index (κ3) is 2.97. The van der Waals surface area contributed by atoms with Crippen LogP contribution in [0.25, 0.3) is 4.96 Å². The number of aryl methyl sites for hydroxylation is 1. The van der Waals surface area contributed by atoms with Gasteiger partial charge in [-0.1, -0.05) is 12.1 Å². The van der Waals surface area contributed by atoms with E-state index in [9.17, 15) is 8.42 Å². The fourth-order valence-electron chi connectivity index (χ4n) is 2.04. The summed E-state index contributed by atoms with van der Waals surface area (Å²) in [5.41, 5.74) is 1.91. The summed E-state index contributed by atoms with van der Waals surface area (Å²) in [4.78, 5) is 1.11. The topological polar surface area (TPSA) is 76.4 Å². The minimum absolute atomic E-state index is 0.294. The molecule has 1 aromatic carbocycles. The normalized spacial score (nSPS) is 12.0. The lowest BCUT2D eigenvalue weighted by atomic mass is 10.2. The van der Waals surface area contributed by atoms with Gasteiger partial charge in [0.25, 0.3) is 0 Å². The number of sulfonamides is 1. The van der Waals surface area contributed by atoms with E-state index in [1.54, 1.807) is 24.5 Å². The predicted molar refractivity (Wildman–Crippen MR) is 80.9 cm³/mol. The summed E-state index contributed by atoms with van der Waals surface area (Å²) in [7, 11) is -3.46. The quantitative estimate of drug-likeness (QED) is 0.774. The maximum atomic E-state index is 12.2. The highest BCUT2D eigenvalue weighted by Crippen LogP contribution is 2.14. The van der Waals surface area contributed by atoms with Gasteiger partial charge in [-0.25, -0.2) is 13.1 Å². The Kier molecular flexibility index (Phi) is 3.75. The van der Waals surface area contributed by atoms with E-state index in [0.717, 1.165) is 16.2 Å². The molecule has 3 aromatic rings. The van der Waals surface area contributed by atoms with E-state index in [1.165, 1.54) is 11.3 Å². The molecule has 0 atom stereocenters. The van der Waals surface area contributed by atoms with Gasteiger partial charge in [0.05, 0.1) is 4.90 Å². The zero-order valence-electron chi connectivity index (χ0n) is 11.4. The van der Waals surface area contributed by atoms with Gasteiger partial charge in [0.2, 0.25) is 15.0 Å². The molecule has 0 bridgehead atoms. The van der Waals surface area contributed by atoms with Crippen molar-refractivity contribution in [3.8, 4) is 0 Å². The van der Waals surface area contributed by atoms with Gasteiger partial charge in [0, 0.05) is 24.0 Å². The first-order valence-corrected chi connectivity index (χ1v) is 8.75. The molecule has 2 heterocycles. The number of benzene rings is 1. The Bertz CT molecular complexity index is 867. The molecule has 0 saturated heterocycles. The van der Waals surface area contributed by atoms with E-state index in [1.807, 2.05) is 22.8 Å². The molecule has 0 radical (unpaired) electrons. The van der Waals surface area contributed by atoms with Crippen LogP contribution in [0, 0.1) is 6.92 Å². The predicted octanol–water partition coefficient (Wildman–Crippen LogP) is 1.62. The molecule has 6 nitrogen and oxygen atoms in total. The van der Waals surface area contributed by atoms with Gasteiger partial charge < -0.3 is 0 Å². The highest BCUT2D eigenvalue weighted by Gasteiger charge is 2.14. The van der Waals surface area contributed by atoms with E-state index in [0.29, 0.717) is 17.9 Å². The summed E-state index contributed by atoms with van der Waals surface area (Å²) in [5, 5.41) is 9.73. The van der Waals surface area contributed by atoms with Crippen molar-refractivity contribution in [2.45, 2.75) is 18.2 Å². The van der Waals surface area contributed by atoms with Crippen LogP contribution < -0.4 is 4.72 Å². The van der Waals surface area contributed by atoms with Gasteiger partial charge in [0.15, 0.2) is 0 Å². The largest absolute Gasteiger partial charge is 0.276 e. The second kappa shape index (κ2) is 5.55. The summed E-state index contributed by atoms with van der Waals surface area (Å²) < 4.78 is 28.9. The van der Waals surface area contributed by atoms with Gasteiger partial charge in [-0.15, -0.1) is 21.5 Å². The Hall–Kier alpha value is -1.77. The number of fused-ring (bicyclic) bond motifs is 1. The van der Waals surface area contributed by atoms with Gasteiger partial charge in [0.1, 0.15) is 6.33 Å². The fourth-order valence-corrected chi connectivity index (χ4v) is 4.02. The number of nitrogens with zero attached hydrogens (tertiary/aromatic N) is 3. The molecule has 0 aliphatic carbocycles. The van der Waals surface area contributed by atoms with Crippen molar-refractivity contribution >= 4 is 26.3 Å². The molecule has 21 heavy (non-hydrogen) atoms. The maximum Gasteiger partial charge on any atom is 0.240 e. The SMILES string of the molecule is Cc1cccc(S(=O)(=O)NCCc2csc3nncn23)c1. The number of hydrogen-bond acceptors (Lipinski definition) is 5. The molecule has 0 fully saturated rings. The Morgan fingerprint density at radius 2 is 2.24 bits per heavy atom. The average Bonchev–Trinajstić information content (AvgIpc) is 3.03. The zero-order valence-corrected chi connectivity index (χ0v) is 13.0. The zero-order chi connectivity index (χ0) is 14.9. The summed E-state index contributed by atoms with van der Waals surface area (Å²) >= 11 is 1.49. The molecular weight excluding hydrogens is 308 g/mol. The number of aromatic nitrogens is 3. The third-order valence-electron chi connectivity index (χ3n) is 3.10. The van der Waals surface area contributed by atoms with Crippen LogP contribution >= 0.6 is 11.3 Å². The highest BCUT2D eigenvalue weighted by molar-refractivity contribution is 7.89. The van der Waals surface area contributed by atoms with Crippen LogP contribution in [0.2, 0.25) is 0 Å².